The van der Waals surface area contributed by atoms with Crippen LogP contribution in [0.1, 0.15) is 0 Å². The molecule has 16 heavy (non-hydrogen) atoms. The Morgan fingerprint density at radius 3 is 3.06 bits per heavy atom. The molecule has 1 atom stereocenters. The molecule has 0 aromatic carbocycles. The van der Waals surface area contributed by atoms with E-state index in [1.807, 2.05) is 4.90 Å². The van der Waals surface area contributed by atoms with Crippen molar-refractivity contribution in [3.63, 3.8) is 0 Å². The molecule has 1 aromatic rings. The maximum atomic E-state index is 9.04. The standard InChI is InChI=1S/C10H12Cl2N2O2/c11-7-3-9(12)10(13-4-7)14-1-2-16-8(5-14)6-15/h3-4,8,15H,1-2,5-6H2. The van der Waals surface area contributed by atoms with E-state index in [0.29, 0.717) is 35.6 Å². The van der Waals surface area contributed by atoms with E-state index in [1.165, 1.54) is 0 Å². The van der Waals surface area contributed by atoms with Crippen molar-refractivity contribution >= 4 is 29.0 Å². The van der Waals surface area contributed by atoms with Gasteiger partial charge >= 0.3 is 0 Å². The van der Waals surface area contributed by atoms with Crippen LogP contribution >= 0.6 is 23.2 Å². The monoisotopic (exact) mass is 262 g/mol. The number of halogens is 2. The molecule has 1 aliphatic rings. The zero-order valence-electron chi connectivity index (χ0n) is 8.57. The van der Waals surface area contributed by atoms with Crippen LogP contribution in [0.5, 0.6) is 0 Å². The highest BCUT2D eigenvalue weighted by Gasteiger charge is 2.22. The van der Waals surface area contributed by atoms with Crippen molar-refractivity contribution < 1.29 is 9.84 Å². The van der Waals surface area contributed by atoms with E-state index >= 15 is 0 Å². The van der Waals surface area contributed by atoms with Gasteiger partial charge in [-0.25, -0.2) is 4.98 Å². The Hall–Kier alpha value is -0.550. The normalized spacial score (nSPS) is 21.2. The Morgan fingerprint density at radius 1 is 1.56 bits per heavy atom. The van der Waals surface area contributed by atoms with Gasteiger partial charge in [-0.3, -0.25) is 0 Å². The highest BCUT2D eigenvalue weighted by atomic mass is 35.5. The number of ether oxygens (including phenoxy) is 1. The molecule has 0 radical (unpaired) electrons. The van der Waals surface area contributed by atoms with Gasteiger partial charge in [0.05, 0.1) is 29.4 Å². The number of morpholine rings is 1. The number of hydrogen-bond acceptors (Lipinski definition) is 4. The predicted molar refractivity (Wildman–Crippen MR) is 63.3 cm³/mol. The minimum Gasteiger partial charge on any atom is -0.394 e. The van der Waals surface area contributed by atoms with Crippen LogP contribution < -0.4 is 4.90 Å². The lowest BCUT2D eigenvalue weighted by atomic mass is 10.3. The maximum Gasteiger partial charge on any atom is 0.147 e. The van der Waals surface area contributed by atoms with E-state index in [1.54, 1.807) is 12.3 Å². The maximum absolute atomic E-state index is 9.04. The van der Waals surface area contributed by atoms with Crippen molar-refractivity contribution in [2.75, 3.05) is 31.2 Å². The Labute approximate surface area is 104 Å². The van der Waals surface area contributed by atoms with Crippen molar-refractivity contribution in [2.45, 2.75) is 6.10 Å². The van der Waals surface area contributed by atoms with Crippen LogP contribution in [0.15, 0.2) is 12.3 Å². The number of aliphatic hydroxyl groups excluding tert-OH is 1. The van der Waals surface area contributed by atoms with Gasteiger partial charge in [0.25, 0.3) is 0 Å². The van der Waals surface area contributed by atoms with Gasteiger partial charge in [0, 0.05) is 19.3 Å². The number of pyridine rings is 1. The zero-order valence-corrected chi connectivity index (χ0v) is 10.1. The number of hydrogen-bond donors (Lipinski definition) is 1. The third kappa shape index (κ3) is 2.58. The molecule has 1 aromatic heterocycles. The van der Waals surface area contributed by atoms with Gasteiger partial charge < -0.3 is 14.7 Å². The van der Waals surface area contributed by atoms with Crippen LogP contribution in [0.4, 0.5) is 5.82 Å². The van der Waals surface area contributed by atoms with Gasteiger partial charge in [0.15, 0.2) is 0 Å². The number of rotatable bonds is 2. The molecular weight excluding hydrogens is 251 g/mol. The van der Waals surface area contributed by atoms with E-state index in [2.05, 4.69) is 4.98 Å². The van der Waals surface area contributed by atoms with Crippen molar-refractivity contribution in [3.05, 3.63) is 22.3 Å². The molecule has 2 heterocycles. The molecule has 1 fully saturated rings. The molecular formula is C10H12Cl2N2O2. The number of nitrogens with zero attached hydrogens (tertiary/aromatic N) is 2. The lowest BCUT2D eigenvalue weighted by molar-refractivity contribution is 0.00337. The van der Waals surface area contributed by atoms with Gasteiger partial charge in [0.2, 0.25) is 0 Å². The predicted octanol–water partition coefficient (Wildman–Crippen LogP) is 1.59. The second-order valence-electron chi connectivity index (χ2n) is 3.58. The smallest absolute Gasteiger partial charge is 0.147 e. The fourth-order valence-corrected chi connectivity index (χ4v) is 2.16. The van der Waals surface area contributed by atoms with Crippen LogP contribution in [-0.4, -0.2) is 42.5 Å². The summed E-state index contributed by atoms with van der Waals surface area (Å²) in [5, 5.41) is 10.1. The first-order valence-corrected chi connectivity index (χ1v) is 5.74. The molecule has 0 aliphatic carbocycles. The molecule has 0 spiro atoms. The lowest BCUT2D eigenvalue weighted by Crippen LogP contribution is -2.44. The van der Waals surface area contributed by atoms with Crippen molar-refractivity contribution in [3.8, 4) is 0 Å². The van der Waals surface area contributed by atoms with Crippen molar-refractivity contribution in [1.82, 2.24) is 4.98 Å². The van der Waals surface area contributed by atoms with Crippen LogP contribution in [0.25, 0.3) is 0 Å². The summed E-state index contributed by atoms with van der Waals surface area (Å²) in [4.78, 5) is 6.18. The second kappa shape index (κ2) is 5.19. The summed E-state index contributed by atoms with van der Waals surface area (Å²) in [6, 6.07) is 1.66. The first kappa shape index (κ1) is 11.9. The summed E-state index contributed by atoms with van der Waals surface area (Å²) in [6.45, 7) is 1.86. The highest BCUT2D eigenvalue weighted by Crippen LogP contribution is 2.27. The van der Waals surface area contributed by atoms with Crippen LogP contribution in [0.2, 0.25) is 10.0 Å². The zero-order chi connectivity index (χ0) is 11.5. The Kier molecular flexibility index (Phi) is 3.86. The topological polar surface area (TPSA) is 45.6 Å². The lowest BCUT2D eigenvalue weighted by Gasteiger charge is -2.33. The largest absolute Gasteiger partial charge is 0.394 e. The molecule has 1 N–H and O–H groups in total. The molecule has 0 saturated carbocycles. The van der Waals surface area contributed by atoms with Gasteiger partial charge in [-0.15, -0.1) is 0 Å². The molecule has 1 aliphatic heterocycles. The second-order valence-corrected chi connectivity index (χ2v) is 4.42. The summed E-state index contributed by atoms with van der Waals surface area (Å²) in [5.41, 5.74) is 0. The van der Waals surface area contributed by atoms with Crippen LogP contribution in [0, 0.1) is 0 Å². The summed E-state index contributed by atoms with van der Waals surface area (Å²) in [6.07, 6.45) is 1.38. The average Bonchev–Trinajstić information content (AvgIpc) is 2.29. The molecule has 4 nitrogen and oxygen atoms in total. The highest BCUT2D eigenvalue weighted by molar-refractivity contribution is 6.36. The van der Waals surface area contributed by atoms with Crippen LogP contribution in [0.3, 0.4) is 0 Å². The molecule has 1 unspecified atom stereocenters. The first-order chi connectivity index (χ1) is 7.70. The summed E-state index contributed by atoms with van der Waals surface area (Å²) >= 11 is 11.8. The third-order valence-electron chi connectivity index (χ3n) is 2.43. The minimum atomic E-state index is -0.178. The van der Waals surface area contributed by atoms with E-state index in [4.69, 9.17) is 33.0 Å². The average molecular weight is 263 g/mol. The Morgan fingerprint density at radius 2 is 2.38 bits per heavy atom. The van der Waals surface area contributed by atoms with E-state index in [-0.39, 0.29) is 12.7 Å². The quantitative estimate of drug-likeness (QED) is 0.880. The van der Waals surface area contributed by atoms with E-state index in [0.717, 1.165) is 0 Å². The van der Waals surface area contributed by atoms with E-state index < -0.39 is 0 Å². The van der Waals surface area contributed by atoms with Crippen molar-refractivity contribution in [1.29, 1.82) is 0 Å². The molecule has 1 saturated heterocycles. The van der Waals surface area contributed by atoms with Crippen molar-refractivity contribution in [2.24, 2.45) is 0 Å². The fourth-order valence-electron chi connectivity index (χ4n) is 1.66. The van der Waals surface area contributed by atoms with Gasteiger partial charge in [-0.1, -0.05) is 23.2 Å². The number of aromatic nitrogens is 1. The molecule has 6 heteroatoms. The summed E-state index contributed by atoms with van der Waals surface area (Å²) in [7, 11) is 0. The summed E-state index contributed by atoms with van der Waals surface area (Å²) < 4.78 is 5.35. The Bertz CT molecular complexity index is 376. The Balaban J connectivity index is 2.16. The summed E-state index contributed by atoms with van der Waals surface area (Å²) in [5.74, 6) is 0.688. The fraction of sp³-hybridized carbons (Fsp3) is 0.500. The third-order valence-corrected chi connectivity index (χ3v) is 2.92. The SMILES string of the molecule is OCC1CN(c2ncc(Cl)cc2Cl)CCO1. The van der Waals surface area contributed by atoms with Crippen LogP contribution in [-0.2, 0) is 4.74 Å². The first-order valence-electron chi connectivity index (χ1n) is 4.99. The number of aliphatic hydroxyl groups is 1. The minimum absolute atomic E-state index is 0.00170. The van der Waals surface area contributed by atoms with Gasteiger partial charge in [-0.2, -0.15) is 0 Å². The molecule has 88 valence electrons. The number of anilines is 1. The molecule has 2 rings (SSSR count). The van der Waals surface area contributed by atoms with Gasteiger partial charge in [-0.05, 0) is 6.07 Å². The van der Waals surface area contributed by atoms with Gasteiger partial charge in [0.1, 0.15) is 5.82 Å². The van der Waals surface area contributed by atoms with E-state index in [9.17, 15) is 0 Å². The molecule has 0 amide bonds. The molecule has 0 bridgehead atoms.